The topological polar surface area (TPSA) is 66.6 Å². The van der Waals surface area contributed by atoms with Gasteiger partial charge in [-0.25, -0.2) is 0 Å². The van der Waals surface area contributed by atoms with Crippen LogP contribution in [0.5, 0.6) is 0 Å². The fourth-order valence-electron chi connectivity index (χ4n) is 5.29. The van der Waals surface area contributed by atoms with E-state index in [1.54, 1.807) is 4.90 Å². The molecule has 1 fully saturated rings. The smallest absolute Gasteiger partial charge is 0.240 e. The third-order valence-electron chi connectivity index (χ3n) is 7.31. The second-order valence-electron chi connectivity index (χ2n) is 10.00. The average Bonchev–Trinajstić information content (AvgIpc) is 2.84. The Balaban J connectivity index is 1.53. The molecule has 0 bridgehead atoms. The minimum Gasteiger partial charge on any atom is -0.329 e. The summed E-state index contributed by atoms with van der Waals surface area (Å²) < 4.78 is 0. The summed E-state index contributed by atoms with van der Waals surface area (Å²) in [7, 11) is 0. The van der Waals surface area contributed by atoms with E-state index in [1.165, 1.54) is 16.7 Å². The van der Waals surface area contributed by atoms with E-state index >= 15 is 0 Å². The standard InChI is InChI=1S/C28H37N3O2/c1-20(2)27(29)28(33)31-16-15-30(18-21-9-4-3-5-10-21)19-25(31)26(32)17-23-13-8-12-22-11-6-7-14-24(22)23/h3-7,9-11,14,20,23,25,27H,8,12-13,15-19,29H2,1-2H3/t23-,25-,27-/m0/s1. The minimum atomic E-state index is -0.573. The molecule has 1 aliphatic carbocycles. The van der Waals surface area contributed by atoms with Crippen LogP contribution >= 0.6 is 0 Å². The lowest BCUT2D eigenvalue weighted by atomic mass is 9.79. The molecule has 0 radical (unpaired) electrons. The lowest BCUT2D eigenvalue weighted by Crippen LogP contribution is -2.61. The molecule has 1 saturated heterocycles. The van der Waals surface area contributed by atoms with Crippen molar-refractivity contribution in [1.29, 1.82) is 0 Å². The second kappa shape index (κ2) is 10.6. The Morgan fingerprint density at radius 1 is 1.03 bits per heavy atom. The normalized spacial score (nSPS) is 22.1. The monoisotopic (exact) mass is 447 g/mol. The van der Waals surface area contributed by atoms with E-state index < -0.39 is 12.1 Å². The molecule has 2 aliphatic rings. The number of carbonyl (C=O) groups is 2. The molecule has 1 aliphatic heterocycles. The molecular formula is C28H37N3O2. The van der Waals surface area contributed by atoms with Crippen molar-refractivity contribution < 1.29 is 9.59 Å². The molecule has 33 heavy (non-hydrogen) atoms. The molecule has 5 heteroatoms. The van der Waals surface area contributed by atoms with Crippen LogP contribution in [0, 0.1) is 5.92 Å². The molecule has 1 amide bonds. The predicted octanol–water partition coefficient (Wildman–Crippen LogP) is 3.76. The number of rotatable bonds is 7. The summed E-state index contributed by atoms with van der Waals surface area (Å²) in [6.07, 6.45) is 3.72. The number of nitrogens with zero attached hydrogens (tertiary/aromatic N) is 2. The molecule has 1 heterocycles. The summed E-state index contributed by atoms with van der Waals surface area (Å²) in [5.74, 6) is 0.356. The van der Waals surface area contributed by atoms with Crippen LogP contribution in [-0.4, -0.2) is 53.2 Å². The van der Waals surface area contributed by atoms with E-state index in [0.29, 0.717) is 19.5 Å². The number of nitrogens with two attached hydrogens (primary N) is 1. The summed E-state index contributed by atoms with van der Waals surface area (Å²) in [4.78, 5) is 31.0. The third-order valence-corrected chi connectivity index (χ3v) is 7.31. The number of amides is 1. The number of hydrogen-bond acceptors (Lipinski definition) is 4. The second-order valence-corrected chi connectivity index (χ2v) is 10.00. The zero-order valence-electron chi connectivity index (χ0n) is 20.0. The van der Waals surface area contributed by atoms with Gasteiger partial charge in [0.15, 0.2) is 5.78 Å². The number of hydrogen-bond donors (Lipinski definition) is 1. The van der Waals surface area contributed by atoms with Crippen LogP contribution in [0.3, 0.4) is 0 Å². The number of ketones is 1. The number of benzene rings is 2. The van der Waals surface area contributed by atoms with Gasteiger partial charge in [0.2, 0.25) is 5.91 Å². The first-order chi connectivity index (χ1) is 15.9. The van der Waals surface area contributed by atoms with E-state index in [1.807, 2.05) is 32.0 Å². The fraction of sp³-hybridized carbons (Fsp3) is 0.500. The lowest BCUT2D eigenvalue weighted by molar-refractivity contribution is -0.145. The van der Waals surface area contributed by atoms with Crippen LogP contribution in [0.4, 0.5) is 0 Å². The molecule has 5 nitrogen and oxygen atoms in total. The van der Waals surface area contributed by atoms with Crippen molar-refractivity contribution in [2.75, 3.05) is 19.6 Å². The molecular weight excluding hydrogens is 410 g/mol. The first-order valence-electron chi connectivity index (χ1n) is 12.4. The lowest BCUT2D eigenvalue weighted by Gasteiger charge is -2.42. The van der Waals surface area contributed by atoms with Crippen LogP contribution in [0.25, 0.3) is 0 Å². The molecule has 0 spiro atoms. The van der Waals surface area contributed by atoms with Gasteiger partial charge in [-0.15, -0.1) is 0 Å². The Morgan fingerprint density at radius 2 is 1.76 bits per heavy atom. The Hall–Kier alpha value is -2.50. The van der Waals surface area contributed by atoms with Crippen molar-refractivity contribution >= 4 is 11.7 Å². The molecule has 0 saturated carbocycles. The Kier molecular flexibility index (Phi) is 7.61. The zero-order valence-corrected chi connectivity index (χ0v) is 20.0. The predicted molar refractivity (Wildman–Crippen MR) is 132 cm³/mol. The highest BCUT2D eigenvalue weighted by atomic mass is 16.2. The van der Waals surface area contributed by atoms with Gasteiger partial charge in [-0.3, -0.25) is 14.5 Å². The fourth-order valence-corrected chi connectivity index (χ4v) is 5.29. The number of aryl methyl sites for hydroxylation is 1. The summed E-state index contributed by atoms with van der Waals surface area (Å²) >= 11 is 0. The van der Waals surface area contributed by atoms with Crippen LogP contribution in [0.2, 0.25) is 0 Å². The van der Waals surface area contributed by atoms with Gasteiger partial charge in [0, 0.05) is 32.6 Å². The van der Waals surface area contributed by atoms with Crippen LogP contribution < -0.4 is 5.73 Å². The van der Waals surface area contributed by atoms with Crippen molar-refractivity contribution in [3.8, 4) is 0 Å². The van der Waals surface area contributed by atoms with Crippen LogP contribution in [-0.2, 0) is 22.6 Å². The van der Waals surface area contributed by atoms with E-state index in [2.05, 4.69) is 41.3 Å². The Bertz CT molecular complexity index is 959. The molecule has 0 unspecified atom stereocenters. The first-order valence-corrected chi connectivity index (χ1v) is 12.4. The Labute approximate surface area is 197 Å². The number of carbonyl (C=O) groups excluding carboxylic acids is 2. The number of piperazine rings is 1. The molecule has 2 N–H and O–H groups in total. The SMILES string of the molecule is CC(C)[C@H](N)C(=O)N1CCN(Cc2ccccc2)C[C@H]1C(=O)C[C@@H]1CCCc2ccccc21. The van der Waals surface area contributed by atoms with Crippen LogP contribution in [0.15, 0.2) is 54.6 Å². The van der Waals surface area contributed by atoms with E-state index in [0.717, 1.165) is 32.4 Å². The van der Waals surface area contributed by atoms with Gasteiger partial charge >= 0.3 is 0 Å². The largest absolute Gasteiger partial charge is 0.329 e. The molecule has 4 rings (SSSR count). The van der Waals surface area contributed by atoms with Gasteiger partial charge in [-0.1, -0.05) is 68.4 Å². The first kappa shape index (κ1) is 23.7. The Morgan fingerprint density at radius 3 is 2.52 bits per heavy atom. The molecule has 0 aromatic heterocycles. The number of fused-ring (bicyclic) bond motifs is 1. The molecule has 176 valence electrons. The van der Waals surface area contributed by atoms with Gasteiger partial charge in [0.1, 0.15) is 6.04 Å². The van der Waals surface area contributed by atoms with Gasteiger partial charge in [-0.2, -0.15) is 0 Å². The molecule has 2 aromatic carbocycles. The van der Waals surface area contributed by atoms with E-state index in [9.17, 15) is 9.59 Å². The van der Waals surface area contributed by atoms with Crippen molar-refractivity contribution in [3.63, 3.8) is 0 Å². The maximum Gasteiger partial charge on any atom is 0.240 e. The maximum atomic E-state index is 13.7. The van der Waals surface area contributed by atoms with E-state index in [-0.39, 0.29) is 23.5 Å². The highest BCUT2D eigenvalue weighted by Gasteiger charge is 2.38. The minimum absolute atomic E-state index is 0.0424. The van der Waals surface area contributed by atoms with E-state index in [4.69, 9.17) is 5.73 Å². The van der Waals surface area contributed by atoms with Crippen molar-refractivity contribution in [3.05, 3.63) is 71.3 Å². The highest BCUT2D eigenvalue weighted by Crippen LogP contribution is 2.35. The summed E-state index contributed by atoms with van der Waals surface area (Å²) in [5, 5.41) is 0. The van der Waals surface area contributed by atoms with Gasteiger partial charge < -0.3 is 10.6 Å². The van der Waals surface area contributed by atoms with Crippen LogP contribution in [0.1, 0.15) is 55.7 Å². The van der Waals surface area contributed by atoms with Crippen molar-refractivity contribution in [2.45, 2.75) is 64.1 Å². The van der Waals surface area contributed by atoms with Crippen molar-refractivity contribution in [2.24, 2.45) is 11.7 Å². The summed E-state index contributed by atoms with van der Waals surface area (Å²) in [6, 6.07) is 17.8. The summed E-state index contributed by atoms with van der Waals surface area (Å²) in [5.41, 5.74) is 10.1. The quantitative estimate of drug-likeness (QED) is 0.702. The summed E-state index contributed by atoms with van der Waals surface area (Å²) in [6.45, 7) is 6.58. The number of Topliss-reactive ketones (excluding diaryl/α,β-unsaturated/α-hetero) is 1. The van der Waals surface area contributed by atoms with Gasteiger partial charge in [0.25, 0.3) is 0 Å². The zero-order chi connectivity index (χ0) is 23.4. The molecule has 3 atom stereocenters. The third kappa shape index (κ3) is 5.53. The van der Waals surface area contributed by atoms with Crippen molar-refractivity contribution in [1.82, 2.24) is 9.80 Å². The maximum absolute atomic E-state index is 13.7. The molecule has 2 aromatic rings. The highest BCUT2D eigenvalue weighted by molar-refractivity contribution is 5.91. The van der Waals surface area contributed by atoms with Gasteiger partial charge in [0.05, 0.1) is 6.04 Å². The van der Waals surface area contributed by atoms with Gasteiger partial charge in [-0.05, 0) is 47.8 Å². The average molecular weight is 448 g/mol.